The van der Waals surface area contributed by atoms with E-state index in [1.165, 1.54) is 19.3 Å². The molecule has 102 valence electrons. The number of nitrogens with zero attached hydrogens (tertiary/aromatic N) is 2. The lowest BCUT2D eigenvalue weighted by Gasteiger charge is -2.36. The van der Waals surface area contributed by atoms with Crippen LogP contribution in [0.15, 0.2) is 11.4 Å². The molecular weight excluding hydrogens is 264 g/mol. The Bertz CT molecular complexity index is 402. The van der Waals surface area contributed by atoms with Crippen LogP contribution < -0.4 is 0 Å². The zero-order chi connectivity index (χ0) is 13.3. The van der Waals surface area contributed by atoms with Crippen molar-refractivity contribution in [1.29, 1.82) is 0 Å². The summed E-state index contributed by atoms with van der Waals surface area (Å²) in [7, 11) is 1.99. The van der Waals surface area contributed by atoms with Crippen LogP contribution in [0, 0.1) is 17.8 Å². The van der Waals surface area contributed by atoms with Gasteiger partial charge in [-0.1, -0.05) is 50.6 Å². The van der Waals surface area contributed by atoms with Crippen LogP contribution in [-0.2, 0) is 7.05 Å². The van der Waals surface area contributed by atoms with E-state index < -0.39 is 0 Å². The summed E-state index contributed by atoms with van der Waals surface area (Å²) in [4.78, 5) is 4.42. The van der Waals surface area contributed by atoms with E-state index in [9.17, 15) is 0 Å². The standard InChI is InChI=1S/C14H23ClN2S/c1-9(2)11-6-5-10(3)7-12(11)18-14-16-8-13(15)17(14)4/h8-12H,5-7H2,1-4H3/t10-,11+,12+/m1/s1. The summed E-state index contributed by atoms with van der Waals surface area (Å²) in [5.41, 5.74) is 0. The molecule has 0 amide bonds. The zero-order valence-corrected chi connectivity index (χ0v) is 13.3. The number of rotatable bonds is 3. The average molecular weight is 287 g/mol. The molecule has 0 saturated heterocycles. The smallest absolute Gasteiger partial charge is 0.169 e. The Balaban J connectivity index is 2.11. The van der Waals surface area contributed by atoms with Gasteiger partial charge in [-0.2, -0.15) is 0 Å². The summed E-state index contributed by atoms with van der Waals surface area (Å²) in [5, 5.41) is 2.47. The Hall–Kier alpha value is -0.150. The van der Waals surface area contributed by atoms with Gasteiger partial charge in [-0.3, -0.25) is 0 Å². The second-order valence-corrected chi connectivity index (χ2v) is 7.50. The van der Waals surface area contributed by atoms with E-state index in [0.29, 0.717) is 5.25 Å². The molecule has 1 aromatic rings. The van der Waals surface area contributed by atoms with Crippen molar-refractivity contribution in [1.82, 2.24) is 9.55 Å². The van der Waals surface area contributed by atoms with Crippen molar-refractivity contribution in [3.63, 3.8) is 0 Å². The molecule has 3 atom stereocenters. The molecule has 2 nitrogen and oxygen atoms in total. The molecule has 1 fully saturated rings. The van der Waals surface area contributed by atoms with Crippen LogP contribution in [0.1, 0.15) is 40.0 Å². The first-order valence-electron chi connectivity index (χ1n) is 6.83. The summed E-state index contributed by atoms with van der Waals surface area (Å²) in [6.45, 7) is 7.06. The number of thioether (sulfide) groups is 1. The predicted molar refractivity (Wildman–Crippen MR) is 79.2 cm³/mol. The summed E-state index contributed by atoms with van der Waals surface area (Å²) in [6, 6.07) is 0. The Morgan fingerprint density at radius 3 is 2.72 bits per heavy atom. The molecular formula is C14H23ClN2S. The SMILES string of the molecule is CC(C)[C@@H]1CC[C@@H](C)C[C@@H]1Sc1ncc(Cl)n1C. The maximum absolute atomic E-state index is 6.06. The van der Waals surface area contributed by atoms with Crippen molar-refractivity contribution in [2.45, 2.75) is 50.4 Å². The lowest BCUT2D eigenvalue weighted by atomic mass is 9.77. The van der Waals surface area contributed by atoms with Crippen LogP contribution in [-0.4, -0.2) is 14.8 Å². The summed E-state index contributed by atoms with van der Waals surface area (Å²) in [6.07, 6.45) is 5.79. The van der Waals surface area contributed by atoms with Crippen molar-refractivity contribution in [3.8, 4) is 0 Å². The fourth-order valence-corrected chi connectivity index (χ4v) is 4.74. The Morgan fingerprint density at radius 1 is 1.44 bits per heavy atom. The maximum Gasteiger partial charge on any atom is 0.169 e. The Labute approximate surface area is 120 Å². The van der Waals surface area contributed by atoms with Gasteiger partial charge in [0.15, 0.2) is 5.16 Å². The second-order valence-electron chi connectivity index (χ2n) is 5.90. The quantitative estimate of drug-likeness (QED) is 0.806. The van der Waals surface area contributed by atoms with Gasteiger partial charge in [0.2, 0.25) is 0 Å². The molecule has 0 N–H and O–H groups in total. The minimum Gasteiger partial charge on any atom is -0.313 e. The van der Waals surface area contributed by atoms with E-state index in [4.69, 9.17) is 11.6 Å². The van der Waals surface area contributed by atoms with Gasteiger partial charge in [0, 0.05) is 12.3 Å². The van der Waals surface area contributed by atoms with E-state index in [0.717, 1.165) is 28.1 Å². The molecule has 4 heteroatoms. The van der Waals surface area contributed by atoms with Crippen LogP contribution in [0.25, 0.3) is 0 Å². The van der Waals surface area contributed by atoms with Gasteiger partial charge in [-0.15, -0.1) is 0 Å². The number of hydrogen-bond donors (Lipinski definition) is 0. The largest absolute Gasteiger partial charge is 0.313 e. The van der Waals surface area contributed by atoms with E-state index in [1.54, 1.807) is 6.20 Å². The van der Waals surface area contributed by atoms with Gasteiger partial charge < -0.3 is 4.57 Å². The molecule has 0 spiro atoms. The Kier molecular flexibility index (Phi) is 4.65. The third-order valence-electron chi connectivity index (χ3n) is 4.11. The van der Waals surface area contributed by atoms with Crippen LogP contribution in [0.5, 0.6) is 0 Å². The third kappa shape index (κ3) is 3.05. The molecule has 0 radical (unpaired) electrons. The second kappa shape index (κ2) is 5.87. The minimum absolute atomic E-state index is 0.686. The topological polar surface area (TPSA) is 17.8 Å². The predicted octanol–water partition coefficient (Wildman–Crippen LogP) is 4.63. The summed E-state index contributed by atoms with van der Waals surface area (Å²) >= 11 is 7.98. The number of hydrogen-bond acceptors (Lipinski definition) is 2. The summed E-state index contributed by atoms with van der Waals surface area (Å²) in [5.74, 6) is 2.40. The highest BCUT2D eigenvalue weighted by Crippen LogP contribution is 2.42. The molecule has 1 aromatic heterocycles. The minimum atomic E-state index is 0.686. The third-order valence-corrected chi connectivity index (χ3v) is 5.89. The van der Waals surface area contributed by atoms with Gasteiger partial charge in [0.1, 0.15) is 5.15 Å². The molecule has 18 heavy (non-hydrogen) atoms. The van der Waals surface area contributed by atoms with E-state index in [1.807, 2.05) is 23.4 Å². The highest BCUT2D eigenvalue weighted by atomic mass is 35.5. The zero-order valence-electron chi connectivity index (χ0n) is 11.7. The molecule has 0 bridgehead atoms. The molecule has 1 saturated carbocycles. The molecule has 0 aliphatic heterocycles. The van der Waals surface area contributed by atoms with Crippen molar-refractivity contribution in [2.24, 2.45) is 24.8 Å². The van der Waals surface area contributed by atoms with Crippen molar-refractivity contribution in [2.75, 3.05) is 0 Å². The fraction of sp³-hybridized carbons (Fsp3) is 0.786. The first-order valence-corrected chi connectivity index (χ1v) is 8.08. The first-order chi connectivity index (χ1) is 8.49. The first kappa shape index (κ1) is 14.3. The maximum atomic E-state index is 6.06. The van der Waals surface area contributed by atoms with Crippen LogP contribution in [0.2, 0.25) is 5.15 Å². The molecule has 1 aliphatic rings. The van der Waals surface area contributed by atoms with Crippen molar-refractivity contribution < 1.29 is 0 Å². The van der Waals surface area contributed by atoms with Crippen LogP contribution in [0.3, 0.4) is 0 Å². The summed E-state index contributed by atoms with van der Waals surface area (Å²) < 4.78 is 1.99. The lowest BCUT2D eigenvalue weighted by Crippen LogP contribution is -2.30. The van der Waals surface area contributed by atoms with Crippen LogP contribution >= 0.6 is 23.4 Å². The normalized spacial score (nSPS) is 28.9. The van der Waals surface area contributed by atoms with E-state index in [-0.39, 0.29) is 0 Å². The van der Waals surface area contributed by atoms with Crippen molar-refractivity contribution >= 4 is 23.4 Å². The van der Waals surface area contributed by atoms with Gasteiger partial charge in [0.05, 0.1) is 6.20 Å². The average Bonchev–Trinajstić information content (AvgIpc) is 2.61. The molecule has 2 rings (SSSR count). The van der Waals surface area contributed by atoms with Gasteiger partial charge in [-0.05, 0) is 30.6 Å². The molecule has 1 aliphatic carbocycles. The van der Waals surface area contributed by atoms with E-state index in [2.05, 4.69) is 25.8 Å². The highest BCUT2D eigenvalue weighted by molar-refractivity contribution is 7.99. The van der Waals surface area contributed by atoms with Gasteiger partial charge in [-0.25, -0.2) is 4.98 Å². The fourth-order valence-electron chi connectivity index (χ4n) is 2.87. The monoisotopic (exact) mass is 286 g/mol. The lowest BCUT2D eigenvalue weighted by molar-refractivity contribution is 0.244. The molecule has 0 unspecified atom stereocenters. The van der Waals surface area contributed by atoms with Crippen LogP contribution in [0.4, 0.5) is 0 Å². The number of imidazole rings is 1. The van der Waals surface area contributed by atoms with Crippen molar-refractivity contribution in [3.05, 3.63) is 11.3 Å². The van der Waals surface area contributed by atoms with Gasteiger partial charge >= 0.3 is 0 Å². The Morgan fingerprint density at radius 2 is 2.17 bits per heavy atom. The number of halogens is 1. The highest BCUT2D eigenvalue weighted by Gasteiger charge is 2.32. The molecule has 0 aromatic carbocycles. The number of aromatic nitrogens is 2. The van der Waals surface area contributed by atoms with Gasteiger partial charge in [0.25, 0.3) is 0 Å². The van der Waals surface area contributed by atoms with E-state index >= 15 is 0 Å². The molecule has 1 heterocycles.